The van der Waals surface area contributed by atoms with E-state index >= 15 is 0 Å². The van der Waals surface area contributed by atoms with E-state index in [2.05, 4.69) is 4.98 Å². The molecule has 2 nitrogen and oxygen atoms in total. The Hall–Kier alpha value is -1.87. The molecule has 0 bridgehead atoms. The zero-order valence-corrected chi connectivity index (χ0v) is 9.85. The maximum absolute atomic E-state index is 12.8. The molecule has 0 amide bonds. The first-order valence-corrected chi connectivity index (χ1v) is 5.88. The molecule has 0 radical (unpaired) electrons. The van der Waals surface area contributed by atoms with Crippen molar-refractivity contribution >= 4 is 11.3 Å². The summed E-state index contributed by atoms with van der Waals surface area (Å²) in [5.41, 5.74) is -0.401. The molecule has 6 heteroatoms. The van der Waals surface area contributed by atoms with Crippen LogP contribution in [0.3, 0.4) is 0 Å². The minimum absolute atomic E-state index is 0.0467. The summed E-state index contributed by atoms with van der Waals surface area (Å²) >= 11 is 1.19. The normalized spacial score (nSPS) is 11.2. The smallest absolute Gasteiger partial charge is 0.240 e. The van der Waals surface area contributed by atoms with E-state index in [9.17, 15) is 13.2 Å². The first kappa shape index (κ1) is 12.6. The molecule has 0 N–H and O–H groups in total. The van der Waals surface area contributed by atoms with Gasteiger partial charge in [0.25, 0.3) is 0 Å². The maximum Gasteiger partial charge on any atom is 0.417 e. The maximum atomic E-state index is 12.8. The third kappa shape index (κ3) is 2.51. The summed E-state index contributed by atoms with van der Waals surface area (Å²) < 4.78 is 38.4. The van der Waals surface area contributed by atoms with Gasteiger partial charge in [0.05, 0.1) is 23.7 Å². The van der Waals surface area contributed by atoms with Crippen LogP contribution in [0.25, 0.3) is 11.3 Å². The van der Waals surface area contributed by atoms with Crippen LogP contribution in [-0.2, 0) is 12.6 Å². The molecule has 92 valence electrons. The van der Waals surface area contributed by atoms with Gasteiger partial charge in [-0.1, -0.05) is 18.2 Å². The molecular formula is C12H7F3N2S. The van der Waals surface area contributed by atoms with E-state index in [0.717, 1.165) is 6.07 Å². The molecule has 1 aromatic carbocycles. The molecule has 1 heterocycles. The van der Waals surface area contributed by atoms with Crippen LogP contribution < -0.4 is 0 Å². The van der Waals surface area contributed by atoms with Crippen molar-refractivity contribution in [3.05, 3.63) is 40.2 Å². The number of rotatable bonds is 2. The van der Waals surface area contributed by atoms with Gasteiger partial charge in [0.1, 0.15) is 5.01 Å². The Kier molecular flexibility index (Phi) is 3.34. The number of thiazole rings is 1. The molecule has 18 heavy (non-hydrogen) atoms. The lowest BCUT2D eigenvalue weighted by atomic mass is 10.1. The predicted octanol–water partition coefficient (Wildman–Crippen LogP) is 3.89. The van der Waals surface area contributed by atoms with Crippen molar-refractivity contribution in [1.82, 2.24) is 4.98 Å². The molecule has 0 aliphatic carbocycles. The quantitative estimate of drug-likeness (QED) is 0.828. The molecule has 2 rings (SSSR count). The van der Waals surface area contributed by atoms with Gasteiger partial charge in [0.15, 0.2) is 0 Å². The number of halogens is 3. The van der Waals surface area contributed by atoms with Gasteiger partial charge in [-0.3, -0.25) is 0 Å². The van der Waals surface area contributed by atoms with E-state index < -0.39 is 11.7 Å². The lowest BCUT2D eigenvalue weighted by Gasteiger charge is -2.10. The van der Waals surface area contributed by atoms with Crippen LogP contribution >= 0.6 is 11.3 Å². The van der Waals surface area contributed by atoms with Gasteiger partial charge in [-0.2, -0.15) is 18.4 Å². The number of hydrogen-bond acceptors (Lipinski definition) is 3. The molecule has 0 fully saturated rings. The second kappa shape index (κ2) is 4.78. The average Bonchev–Trinajstić information content (AvgIpc) is 2.77. The molecule has 0 aliphatic rings. The Labute approximate surface area is 105 Å². The molecule has 0 saturated heterocycles. The standard InChI is InChI=1S/C12H7F3N2S/c13-12(14,15)9-4-2-1-3-8(9)10-7-18-11(17-10)5-6-16/h1-4,7H,5H2. The predicted molar refractivity (Wildman–Crippen MR) is 61.9 cm³/mol. The van der Waals surface area contributed by atoms with Crippen LogP contribution in [0.1, 0.15) is 10.6 Å². The van der Waals surface area contributed by atoms with Crippen molar-refractivity contribution in [2.45, 2.75) is 12.6 Å². The van der Waals surface area contributed by atoms with Crippen LogP contribution in [0.4, 0.5) is 13.2 Å². The lowest BCUT2D eigenvalue weighted by molar-refractivity contribution is -0.137. The van der Waals surface area contributed by atoms with E-state index in [1.165, 1.54) is 34.9 Å². The van der Waals surface area contributed by atoms with Gasteiger partial charge in [-0.05, 0) is 6.07 Å². The van der Waals surface area contributed by atoms with Crippen molar-refractivity contribution in [2.75, 3.05) is 0 Å². The fraction of sp³-hybridized carbons (Fsp3) is 0.167. The van der Waals surface area contributed by atoms with Gasteiger partial charge in [0, 0.05) is 10.9 Å². The van der Waals surface area contributed by atoms with Crippen LogP contribution in [0.5, 0.6) is 0 Å². The average molecular weight is 268 g/mol. The largest absolute Gasteiger partial charge is 0.417 e. The Morgan fingerprint density at radius 3 is 2.67 bits per heavy atom. The van der Waals surface area contributed by atoms with E-state index in [1.807, 2.05) is 6.07 Å². The first-order valence-electron chi connectivity index (χ1n) is 5.00. The zero-order chi connectivity index (χ0) is 13.2. The zero-order valence-electron chi connectivity index (χ0n) is 9.03. The Balaban J connectivity index is 2.47. The summed E-state index contributed by atoms with van der Waals surface area (Å²) in [6.07, 6.45) is -4.30. The molecule has 0 spiro atoms. The first-order chi connectivity index (χ1) is 8.52. The van der Waals surface area contributed by atoms with Crippen LogP contribution in [0, 0.1) is 11.3 Å². The van der Waals surface area contributed by atoms with Gasteiger partial charge in [0.2, 0.25) is 0 Å². The summed E-state index contributed by atoms with van der Waals surface area (Å²) in [6, 6.07) is 7.21. The van der Waals surface area contributed by atoms with Crippen molar-refractivity contribution in [1.29, 1.82) is 5.26 Å². The van der Waals surface area contributed by atoms with Crippen LogP contribution in [0.2, 0.25) is 0 Å². The number of alkyl halides is 3. The monoisotopic (exact) mass is 268 g/mol. The van der Waals surface area contributed by atoms with E-state index in [0.29, 0.717) is 5.01 Å². The van der Waals surface area contributed by atoms with Gasteiger partial charge >= 0.3 is 6.18 Å². The number of nitriles is 1. The minimum atomic E-state index is -4.41. The van der Waals surface area contributed by atoms with Crippen molar-refractivity contribution in [2.24, 2.45) is 0 Å². The highest BCUT2D eigenvalue weighted by atomic mass is 32.1. The van der Waals surface area contributed by atoms with Gasteiger partial charge in [-0.25, -0.2) is 4.98 Å². The molecule has 1 aromatic heterocycles. The van der Waals surface area contributed by atoms with Crippen molar-refractivity contribution < 1.29 is 13.2 Å². The fourth-order valence-corrected chi connectivity index (χ4v) is 2.26. The number of nitrogens with zero attached hydrogens (tertiary/aromatic N) is 2. The van der Waals surface area contributed by atoms with E-state index in [-0.39, 0.29) is 17.7 Å². The highest BCUT2D eigenvalue weighted by molar-refractivity contribution is 7.10. The highest BCUT2D eigenvalue weighted by Gasteiger charge is 2.33. The molecule has 0 unspecified atom stereocenters. The van der Waals surface area contributed by atoms with Gasteiger partial charge in [-0.15, -0.1) is 11.3 Å². The summed E-state index contributed by atoms with van der Waals surface area (Å²) in [7, 11) is 0. The second-order valence-electron chi connectivity index (χ2n) is 3.50. The summed E-state index contributed by atoms with van der Waals surface area (Å²) in [5.74, 6) is 0. The highest BCUT2D eigenvalue weighted by Crippen LogP contribution is 2.37. The number of benzene rings is 1. The van der Waals surface area contributed by atoms with Crippen LogP contribution in [0.15, 0.2) is 29.6 Å². The minimum Gasteiger partial charge on any atom is -0.240 e. The summed E-state index contributed by atoms with van der Waals surface area (Å²) in [5, 5.41) is 10.6. The summed E-state index contributed by atoms with van der Waals surface area (Å²) in [4.78, 5) is 4.04. The molecule has 2 aromatic rings. The van der Waals surface area contributed by atoms with E-state index in [1.54, 1.807) is 0 Å². The Morgan fingerprint density at radius 1 is 1.28 bits per heavy atom. The molecule has 0 atom stereocenters. The number of aromatic nitrogens is 1. The summed E-state index contributed by atoms with van der Waals surface area (Å²) in [6.45, 7) is 0. The Morgan fingerprint density at radius 2 is 2.00 bits per heavy atom. The van der Waals surface area contributed by atoms with Crippen LogP contribution in [-0.4, -0.2) is 4.98 Å². The topological polar surface area (TPSA) is 36.7 Å². The number of hydrogen-bond donors (Lipinski definition) is 0. The lowest BCUT2D eigenvalue weighted by Crippen LogP contribution is -2.06. The van der Waals surface area contributed by atoms with Gasteiger partial charge < -0.3 is 0 Å². The third-order valence-electron chi connectivity index (χ3n) is 2.29. The van der Waals surface area contributed by atoms with Crippen molar-refractivity contribution in [3.8, 4) is 17.3 Å². The molecule has 0 aliphatic heterocycles. The SMILES string of the molecule is N#CCc1nc(-c2ccccc2C(F)(F)F)cs1. The van der Waals surface area contributed by atoms with Crippen molar-refractivity contribution in [3.63, 3.8) is 0 Å². The fourth-order valence-electron chi connectivity index (χ4n) is 1.54. The molecule has 0 saturated carbocycles. The molecular weight excluding hydrogens is 261 g/mol. The second-order valence-corrected chi connectivity index (χ2v) is 4.45. The third-order valence-corrected chi connectivity index (χ3v) is 3.14. The Bertz CT molecular complexity index is 596. The van der Waals surface area contributed by atoms with E-state index in [4.69, 9.17) is 5.26 Å².